The van der Waals surface area contributed by atoms with Crippen LogP contribution in [0.2, 0.25) is 0 Å². The summed E-state index contributed by atoms with van der Waals surface area (Å²) >= 11 is 0. The molecule has 0 aromatic carbocycles. The van der Waals surface area contributed by atoms with Crippen LogP contribution in [0.5, 0.6) is 0 Å². The molecule has 3 nitrogen and oxygen atoms in total. The zero-order chi connectivity index (χ0) is 7.56. The number of likely N-dealkylation sites (tertiary alicyclic amines) is 1. The molecule has 1 radical (unpaired) electrons. The van der Waals surface area contributed by atoms with Gasteiger partial charge in [-0.2, -0.15) is 0 Å². The molecule has 0 aromatic rings. The summed E-state index contributed by atoms with van der Waals surface area (Å²) in [4.78, 5) is 2.05. The Morgan fingerprint density at radius 3 is 2.90 bits per heavy atom. The first kappa shape index (κ1) is 7.98. The molecule has 0 aromatic heterocycles. The van der Waals surface area contributed by atoms with E-state index in [2.05, 4.69) is 4.90 Å². The van der Waals surface area contributed by atoms with E-state index in [-0.39, 0.29) is 12.6 Å². The molecule has 1 aliphatic heterocycles. The van der Waals surface area contributed by atoms with Crippen molar-refractivity contribution in [3.05, 3.63) is 0 Å². The lowest BCUT2D eigenvalue weighted by molar-refractivity contribution is -0.00722. The second kappa shape index (κ2) is 3.32. The molecule has 2 unspecified atom stereocenters. The van der Waals surface area contributed by atoms with Crippen LogP contribution in [0, 0.1) is 0 Å². The Kier molecular flexibility index (Phi) is 2.65. The summed E-state index contributed by atoms with van der Waals surface area (Å²) < 4.78 is 0. The Labute approximate surface area is 61.3 Å². The number of piperidine rings is 1. The van der Waals surface area contributed by atoms with E-state index in [4.69, 9.17) is 5.11 Å². The first-order valence-electron chi connectivity index (χ1n) is 3.71. The van der Waals surface area contributed by atoms with E-state index in [9.17, 15) is 5.11 Å². The number of rotatable bonds is 1. The van der Waals surface area contributed by atoms with Gasteiger partial charge in [-0.25, -0.2) is 5.11 Å². The highest BCUT2D eigenvalue weighted by Crippen LogP contribution is 2.15. The lowest BCUT2D eigenvalue weighted by Gasteiger charge is -2.32. The first-order chi connectivity index (χ1) is 4.74. The molecule has 1 heterocycles. The maximum absolute atomic E-state index is 10.9. The van der Waals surface area contributed by atoms with Crippen molar-refractivity contribution in [2.24, 2.45) is 0 Å². The second-order valence-corrected chi connectivity index (χ2v) is 2.96. The molecule has 2 atom stereocenters. The molecular weight excluding hydrogens is 130 g/mol. The van der Waals surface area contributed by atoms with Gasteiger partial charge in [0.25, 0.3) is 0 Å². The van der Waals surface area contributed by atoms with Crippen LogP contribution in [0.4, 0.5) is 0 Å². The van der Waals surface area contributed by atoms with Gasteiger partial charge in [0.1, 0.15) is 0 Å². The highest BCUT2D eigenvalue weighted by molar-refractivity contribution is 4.78. The molecule has 59 valence electrons. The van der Waals surface area contributed by atoms with Crippen molar-refractivity contribution in [3.8, 4) is 0 Å². The highest BCUT2D eigenvalue weighted by Gasteiger charge is 2.24. The van der Waals surface area contributed by atoms with Crippen LogP contribution in [0.15, 0.2) is 0 Å². The van der Waals surface area contributed by atoms with Crippen LogP contribution in [0.25, 0.3) is 0 Å². The highest BCUT2D eigenvalue weighted by atomic mass is 16.3. The van der Waals surface area contributed by atoms with Crippen molar-refractivity contribution in [1.29, 1.82) is 0 Å². The smallest absolute Gasteiger partial charge is 0.0958 e. The summed E-state index contributed by atoms with van der Waals surface area (Å²) in [5.41, 5.74) is 0. The van der Waals surface area contributed by atoms with E-state index in [1.807, 2.05) is 7.05 Å². The zero-order valence-corrected chi connectivity index (χ0v) is 6.29. The minimum Gasteiger partial charge on any atom is -0.395 e. The number of likely N-dealkylation sites (N-methyl/N-ethyl adjacent to an activating group) is 1. The van der Waals surface area contributed by atoms with Crippen LogP contribution >= 0.6 is 0 Å². The number of nitrogens with zero attached hydrogens (tertiary/aromatic N) is 1. The zero-order valence-electron chi connectivity index (χ0n) is 6.29. The lowest BCUT2D eigenvalue weighted by Crippen LogP contribution is -2.43. The maximum atomic E-state index is 10.9. The molecule has 0 aliphatic carbocycles. The minimum atomic E-state index is -0.451. The van der Waals surface area contributed by atoms with Crippen LogP contribution in [-0.4, -0.2) is 42.4 Å². The number of hydrogen-bond donors (Lipinski definition) is 1. The summed E-state index contributed by atoms with van der Waals surface area (Å²) in [5, 5.41) is 19.7. The van der Waals surface area contributed by atoms with Gasteiger partial charge in [-0.15, -0.1) is 0 Å². The van der Waals surface area contributed by atoms with Crippen LogP contribution in [-0.2, 0) is 5.11 Å². The summed E-state index contributed by atoms with van der Waals surface area (Å²) in [6.45, 7) is 0.953. The number of aliphatic hydroxyl groups excluding tert-OH is 1. The molecule has 1 saturated heterocycles. The van der Waals surface area contributed by atoms with E-state index in [0.717, 1.165) is 13.0 Å². The van der Waals surface area contributed by atoms with Gasteiger partial charge in [0.2, 0.25) is 0 Å². The lowest BCUT2D eigenvalue weighted by atomic mass is 10.0. The van der Waals surface area contributed by atoms with Crippen molar-refractivity contribution < 1.29 is 10.2 Å². The van der Waals surface area contributed by atoms with Gasteiger partial charge in [0, 0.05) is 12.6 Å². The monoisotopic (exact) mass is 144 g/mol. The first-order valence-corrected chi connectivity index (χ1v) is 3.71. The van der Waals surface area contributed by atoms with Crippen molar-refractivity contribution in [2.75, 3.05) is 20.2 Å². The average Bonchev–Trinajstić information content (AvgIpc) is 1.94. The van der Waals surface area contributed by atoms with Gasteiger partial charge in [-0.05, 0) is 19.9 Å². The van der Waals surface area contributed by atoms with Crippen LogP contribution < -0.4 is 0 Å². The predicted octanol–water partition coefficient (Wildman–Crippen LogP) is -0.128. The molecule has 0 saturated carbocycles. The normalized spacial score (nSPS) is 36.3. The molecule has 1 N–H and O–H groups in total. The van der Waals surface area contributed by atoms with Gasteiger partial charge in [0.15, 0.2) is 0 Å². The Morgan fingerprint density at radius 2 is 2.40 bits per heavy atom. The van der Waals surface area contributed by atoms with Crippen molar-refractivity contribution in [1.82, 2.24) is 4.90 Å². The fourth-order valence-corrected chi connectivity index (χ4v) is 1.35. The summed E-state index contributed by atoms with van der Waals surface area (Å²) in [7, 11) is 1.95. The Balaban J connectivity index is 2.38. The van der Waals surface area contributed by atoms with E-state index in [1.165, 1.54) is 0 Å². The van der Waals surface area contributed by atoms with Crippen LogP contribution in [0.3, 0.4) is 0 Å². The number of aliphatic hydroxyl groups is 1. The Hall–Kier alpha value is -0.120. The second-order valence-electron chi connectivity index (χ2n) is 2.96. The molecule has 3 heteroatoms. The summed E-state index contributed by atoms with van der Waals surface area (Å²) in [6, 6.07) is 0.108. The Morgan fingerprint density at radius 1 is 1.70 bits per heavy atom. The van der Waals surface area contributed by atoms with Gasteiger partial charge in [-0.3, -0.25) is 0 Å². The van der Waals surface area contributed by atoms with Gasteiger partial charge in [0.05, 0.1) is 12.7 Å². The van der Waals surface area contributed by atoms with E-state index in [0.29, 0.717) is 6.42 Å². The quantitative estimate of drug-likeness (QED) is 0.557. The fourth-order valence-electron chi connectivity index (χ4n) is 1.35. The molecule has 10 heavy (non-hydrogen) atoms. The summed E-state index contributed by atoms with van der Waals surface area (Å²) in [6.07, 6.45) is 0.883. The van der Waals surface area contributed by atoms with E-state index in [1.54, 1.807) is 0 Å². The Bertz CT molecular complexity index is 108. The number of hydrogen-bond acceptors (Lipinski definition) is 2. The minimum absolute atomic E-state index is 0.108. The molecule has 0 spiro atoms. The van der Waals surface area contributed by atoms with E-state index >= 15 is 0 Å². The molecule has 0 bridgehead atoms. The molecule has 0 amide bonds. The SMILES string of the molecule is CN1CCC([O])CC1CO. The predicted molar refractivity (Wildman–Crippen MR) is 37.2 cm³/mol. The van der Waals surface area contributed by atoms with Gasteiger partial charge >= 0.3 is 0 Å². The fraction of sp³-hybridized carbons (Fsp3) is 1.00. The third kappa shape index (κ3) is 1.68. The largest absolute Gasteiger partial charge is 0.395 e. The maximum Gasteiger partial charge on any atom is 0.0958 e. The topological polar surface area (TPSA) is 43.4 Å². The van der Waals surface area contributed by atoms with Crippen molar-refractivity contribution >= 4 is 0 Å². The van der Waals surface area contributed by atoms with Crippen LogP contribution in [0.1, 0.15) is 12.8 Å². The average molecular weight is 144 g/mol. The van der Waals surface area contributed by atoms with E-state index < -0.39 is 6.10 Å². The van der Waals surface area contributed by atoms with Gasteiger partial charge in [-0.1, -0.05) is 0 Å². The molecule has 1 rings (SSSR count). The molecular formula is C7H14NO2. The van der Waals surface area contributed by atoms with Gasteiger partial charge < -0.3 is 10.0 Å². The molecule has 1 fully saturated rings. The third-order valence-electron chi connectivity index (χ3n) is 2.17. The standard InChI is InChI=1S/C7H14NO2/c1-8-3-2-7(10)4-6(8)5-9/h6-7,9H,2-5H2,1H3. The van der Waals surface area contributed by atoms with Crippen molar-refractivity contribution in [3.63, 3.8) is 0 Å². The molecule has 1 aliphatic rings. The third-order valence-corrected chi connectivity index (χ3v) is 2.17. The summed E-state index contributed by atoms with van der Waals surface area (Å²) in [5.74, 6) is 0. The van der Waals surface area contributed by atoms with Crippen molar-refractivity contribution in [2.45, 2.75) is 25.0 Å².